The predicted molar refractivity (Wildman–Crippen MR) is 118 cm³/mol. The highest BCUT2D eigenvalue weighted by atomic mass is 19.4. The maximum atomic E-state index is 13.2. The molecule has 0 heterocycles. The van der Waals surface area contributed by atoms with Crippen molar-refractivity contribution in [3.8, 4) is 0 Å². The summed E-state index contributed by atoms with van der Waals surface area (Å²) < 4.78 is 39.7. The van der Waals surface area contributed by atoms with E-state index in [1.807, 2.05) is 30.3 Å². The van der Waals surface area contributed by atoms with Gasteiger partial charge in [0.2, 0.25) is 0 Å². The molecule has 3 aromatic rings. The van der Waals surface area contributed by atoms with Crippen molar-refractivity contribution < 1.29 is 18.3 Å². The summed E-state index contributed by atoms with van der Waals surface area (Å²) in [7, 11) is 0. The highest BCUT2D eigenvalue weighted by Gasteiger charge is 2.30. The first kappa shape index (κ1) is 22.6. The van der Waals surface area contributed by atoms with Crippen LogP contribution in [0.25, 0.3) is 21.5 Å². The number of unbranched alkanes of at least 4 members (excludes halogenated alkanes) is 2. The lowest BCUT2D eigenvalue weighted by Gasteiger charge is -2.26. The molecule has 162 valence electrons. The fourth-order valence-corrected chi connectivity index (χ4v) is 3.98. The number of aliphatic hydroxyl groups excluding tert-OH is 1. The van der Waals surface area contributed by atoms with Gasteiger partial charge in [-0.3, -0.25) is 0 Å². The Balaban J connectivity index is 2.02. The van der Waals surface area contributed by atoms with E-state index in [1.165, 1.54) is 12.1 Å². The third kappa shape index (κ3) is 5.13. The Labute approximate surface area is 176 Å². The number of fused-ring (bicyclic) bond motifs is 3. The second-order valence-electron chi connectivity index (χ2n) is 7.97. The molecule has 0 aromatic heterocycles. The van der Waals surface area contributed by atoms with E-state index in [4.69, 9.17) is 0 Å². The molecule has 0 amide bonds. The van der Waals surface area contributed by atoms with Crippen molar-refractivity contribution in [1.82, 2.24) is 4.90 Å². The molecule has 1 unspecified atom stereocenters. The lowest BCUT2D eigenvalue weighted by Crippen LogP contribution is -2.30. The highest BCUT2D eigenvalue weighted by Crippen LogP contribution is 2.36. The summed E-state index contributed by atoms with van der Waals surface area (Å²) in [6, 6.07) is 13.1. The second-order valence-corrected chi connectivity index (χ2v) is 7.97. The molecule has 0 spiro atoms. The smallest absolute Gasteiger partial charge is 0.387 e. The van der Waals surface area contributed by atoms with Gasteiger partial charge < -0.3 is 10.0 Å². The summed E-state index contributed by atoms with van der Waals surface area (Å²) in [6.07, 6.45) is -0.731. The molecule has 5 heteroatoms. The number of hydrogen-bond acceptors (Lipinski definition) is 2. The average Bonchev–Trinajstić information content (AvgIpc) is 2.73. The van der Waals surface area contributed by atoms with E-state index in [0.29, 0.717) is 17.3 Å². The summed E-state index contributed by atoms with van der Waals surface area (Å²) in [4.78, 5) is 2.30. The van der Waals surface area contributed by atoms with Crippen LogP contribution in [0.2, 0.25) is 0 Å². The summed E-state index contributed by atoms with van der Waals surface area (Å²) in [5.41, 5.74) is 0.120. The topological polar surface area (TPSA) is 23.5 Å². The molecule has 3 aromatic carbocycles. The Hall–Kier alpha value is -2.11. The summed E-state index contributed by atoms with van der Waals surface area (Å²) in [6.45, 7) is 6.71. The van der Waals surface area contributed by atoms with Crippen molar-refractivity contribution in [3.63, 3.8) is 0 Å². The zero-order valence-corrected chi connectivity index (χ0v) is 17.7. The van der Waals surface area contributed by atoms with Gasteiger partial charge in [-0.05, 0) is 71.2 Å². The lowest BCUT2D eigenvalue weighted by molar-refractivity contribution is -0.137. The number of hydrogen-bond donors (Lipinski definition) is 1. The van der Waals surface area contributed by atoms with Crippen LogP contribution in [0.4, 0.5) is 13.2 Å². The van der Waals surface area contributed by atoms with Gasteiger partial charge in [0.05, 0.1) is 11.7 Å². The van der Waals surface area contributed by atoms with E-state index in [1.54, 1.807) is 0 Å². The zero-order valence-electron chi connectivity index (χ0n) is 17.7. The van der Waals surface area contributed by atoms with E-state index in [9.17, 15) is 18.3 Å². The van der Waals surface area contributed by atoms with Gasteiger partial charge in [0.1, 0.15) is 0 Å². The molecule has 0 fully saturated rings. The number of aliphatic hydroxyl groups is 1. The van der Waals surface area contributed by atoms with Crippen LogP contribution in [0.3, 0.4) is 0 Å². The Bertz CT molecular complexity index is 975. The molecule has 0 aliphatic heterocycles. The minimum absolute atomic E-state index is 0.524. The van der Waals surface area contributed by atoms with Gasteiger partial charge in [-0.15, -0.1) is 0 Å². The van der Waals surface area contributed by atoms with Crippen LogP contribution >= 0.6 is 0 Å². The van der Waals surface area contributed by atoms with Gasteiger partial charge in [0.15, 0.2) is 0 Å². The normalized spacial score (nSPS) is 13.4. The summed E-state index contributed by atoms with van der Waals surface area (Å²) >= 11 is 0. The van der Waals surface area contributed by atoms with Crippen LogP contribution in [0.15, 0.2) is 48.5 Å². The monoisotopic (exact) mass is 417 g/mol. The van der Waals surface area contributed by atoms with E-state index in [2.05, 4.69) is 18.7 Å². The van der Waals surface area contributed by atoms with Crippen LogP contribution < -0.4 is 0 Å². The zero-order chi connectivity index (χ0) is 21.7. The van der Waals surface area contributed by atoms with Gasteiger partial charge in [0.25, 0.3) is 0 Å². The van der Waals surface area contributed by atoms with Gasteiger partial charge in [-0.25, -0.2) is 0 Å². The van der Waals surface area contributed by atoms with Crippen molar-refractivity contribution >= 4 is 21.5 Å². The largest absolute Gasteiger partial charge is 0.416 e. The van der Waals surface area contributed by atoms with E-state index in [-0.39, 0.29) is 0 Å². The Morgan fingerprint density at radius 3 is 2.10 bits per heavy atom. The Morgan fingerprint density at radius 2 is 1.50 bits per heavy atom. The molecule has 0 radical (unpaired) electrons. The predicted octanol–water partition coefficient (Wildman–Crippen LogP) is 6.95. The SMILES string of the molecule is CCCCN(CCCC)CC(O)c1cc2ccc(C(F)(F)F)cc2c2ccccc12. The number of benzene rings is 3. The first-order valence-corrected chi connectivity index (χ1v) is 10.8. The Kier molecular flexibility index (Phi) is 7.37. The van der Waals surface area contributed by atoms with Crippen molar-refractivity contribution in [2.75, 3.05) is 19.6 Å². The molecule has 0 bridgehead atoms. The van der Waals surface area contributed by atoms with Gasteiger partial charge in [-0.1, -0.05) is 57.0 Å². The Morgan fingerprint density at radius 1 is 0.867 bits per heavy atom. The summed E-state index contributed by atoms with van der Waals surface area (Å²) in [5.74, 6) is 0. The van der Waals surface area contributed by atoms with Crippen LogP contribution in [-0.2, 0) is 6.18 Å². The van der Waals surface area contributed by atoms with E-state index < -0.39 is 17.8 Å². The molecule has 2 nitrogen and oxygen atoms in total. The number of alkyl halides is 3. The van der Waals surface area contributed by atoms with E-state index in [0.717, 1.165) is 61.2 Å². The quantitative estimate of drug-likeness (QED) is 0.381. The fraction of sp³-hybridized carbons (Fsp3) is 0.440. The third-order valence-electron chi connectivity index (χ3n) is 5.67. The number of nitrogens with zero attached hydrogens (tertiary/aromatic N) is 1. The average molecular weight is 418 g/mol. The minimum Gasteiger partial charge on any atom is -0.387 e. The molecule has 30 heavy (non-hydrogen) atoms. The van der Waals surface area contributed by atoms with Crippen molar-refractivity contribution in [2.24, 2.45) is 0 Å². The molecule has 0 saturated carbocycles. The lowest BCUT2D eigenvalue weighted by atomic mass is 9.93. The van der Waals surface area contributed by atoms with Crippen LogP contribution in [-0.4, -0.2) is 29.6 Å². The third-order valence-corrected chi connectivity index (χ3v) is 5.67. The maximum absolute atomic E-state index is 13.2. The van der Waals surface area contributed by atoms with Crippen molar-refractivity contribution in [3.05, 3.63) is 59.7 Å². The highest BCUT2D eigenvalue weighted by molar-refractivity contribution is 6.09. The number of rotatable bonds is 9. The van der Waals surface area contributed by atoms with Gasteiger partial charge in [-0.2, -0.15) is 13.2 Å². The van der Waals surface area contributed by atoms with Crippen LogP contribution in [0.5, 0.6) is 0 Å². The molecule has 0 aliphatic carbocycles. The summed E-state index contributed by atoms with van der Waals surface area (Å²) in [5, 5.41) is 13.9. The van der Waals surface area contributed by atoms with Crippen LogP contribution in [0.1, 0.15) is 56.8 Å². The molecule has 3 rings (SSSR count). The molecule has 1 N–H and O–H groups in total. The molecule has 0 aliphatic rings. The van der Waals surface area contributed by atoms with E-state index >= 15 is 0 Å². The number of halogens is 3. The second kappa shape index (κ2) is 9.80. The fourth-order valence-electron chi connectivity index (χ4n) is 3.98. The first-order valence-electron chi connectivity index (χ1n) is 10.8. The van der Waals surface area contributed by atoms with Gasteiger partial charge in [0, 0.05) is 6.54 Å². The molecular formula is C25H30F3NO. The molecular weight excluding hydrogens is 387 g/mol. The van der Waals surface area contributed by atoms with Crippen molar-refractivity contribution in [1.29, 1.82) is 0 Å². The molecule has 1 atom stereocenters. The van der Waals surface area contributed by atoms with Crippen molar-refractivity contribution in [2.45, 2.75) is 51.8 Å². The maximum Gasteiger partial charge on any atom is 0.416 e. The van der Waals surface area contributed by atoms with Crippen LogP contribution in [0, 0.1) is 0 Å². The minimum atomic E-state index is -4.38. The van der Waals surface area contributed by atoms with Gasteiger partial charge >= 0.3 is 6.18 Å². The molecule has 0 saturated heterocycles. The standard InChI is InChI=1S/C25H30F3NO/c1-3-5-13-29(14-6-4-2)17-24(30)23-15-18-11-12-19(25(26,27)28)16-22(18)20-9-7-8-10-21(20)23/h7-12,15-16,24,30H,3-6,13-14,17H2,1-2H3. The first-order chi connectivity index (χ1) is 14.3.